The van der Waals surface area contributed by atoms with Gasteiger partial charge in [-0.3, -0.25) is 0 Å². The zero-order valence-electron chi connectivity index (χ0n) is 9.40. The second-order valence-electron chi connectivity index (χ2n) is 4.16. The lowest BCUT2D eigenvalue weighted by molar-refractivity contribution is 0.997. The number of hydrogen-bond donors (Lipinski definition) is 1. The molecule has 0 radical (unpaired) electrons. The number of rotatable bonds is 3. The van der Waals surface area contributed by atoms with Crippen LogP contribution in [0.1, 0.15) is 24.5 Å². The van der Waals surface area contributed by atoms with Crippen LogP contribution < -0.4 is 5.32 Å². The summed E-state index contributed by atoms with van der Waals surface area (Å²) in [6.07, 6.45) is 2.52. The fourth-order valence-corrected chi connectivity index (χ4v) is 3.08. The molecule has 17 heavy (non-hydrogen) atoms. The van der Waals surface area contributed by atoms with E-state index in [-0.39, 0.29) is 0 Å². The van der Waals surface area contributed by atoms with Crippen molar-refractivity contribution in [2.75, 3.05) is 12.4 Å². The third-order valence-electron chi connectivity index (χ3n) is 2.79. The molecule has 1 saturated carbocycles. The normalized spacial score (nSPS) is 14.9. The Balaban J connectivity index is 2.05. The Morgan fingerprint density at radius 2 is 2.18 bits per heavy atom. The first-order valence-electron chi connectivity index (χ1n) is 5.57. The molecule has 1 aliphatic carbocycles. The first-order valence-corrected chi connectivity index (χ1v) is 7.24. The maximum atomic E-state index is 4.67. The van der Waals surface area contributed by atoms with Crippen molar-refractivity contribution in [1.29, 1.82) is 0 Å². The maximum Gasteiger partial charge on any atom is 0.171 e. The van der Waals surface area contributed by atoms with Crippen LogP contribution in [-0.2, 0) is 0 Å². The van der Waals surface area contributed by atoms with Gasteiger partial charge in [0.25, 0.3) is 0 Å². The monoisotopic (exact) mass is 309 g/mol. The lowest BCUT2D eigenvalue weighted by Crippen LogP contribution is -1.99. The molecule has 0 atom stereocenters. The third kappa shape index (κ3) is 2.35. The molecule has 0 unspecified atom stereocenters. The van der Waals surface area contributed by atoms with E-state index >= 15 is 0 Å². The summed E-state index contributed by atoms with van der Waals surface area (Å²) in [5, 5.41) is 5.17. The van der Waals surface area contributed by atoms with E-state index in [1.54, 1.807) is 11.3 Å². The molecule has 3 rings (SSSR count). The van der Waals surface area contributed by atoms with Gasteiger partial charge in [0.2, 0.25) is 0 Å². The predicted molar refractivity (Wildman–Crippen MR) is 74.6 cm³/mol. The van der Waals surface area contributed by atoms with E-state index in [0.717, 1.165) is 21.0 Å². The van der Waals surface area contributed by atoms with Crippen LogP contribution in [0.5, 0.6) is 0 Å². The fourth-order valence-electron chi connectivity index (χ4n) is 1.72. The van der Waals surface area contributed by atoms with Gasteiger partial charge in [-0.25, -0.2) is 9.97 Å². The Morgan fingerprint density at radius 1 is 1.35 bits per heavy atom. The molecule has 2 heterocycles. The molecule has 0 spiro atoms. The second-order valence-corrected chi connectivity index (χ2v) is 5.98. The Bertz CT molecular complexity index is 548. The summed E-state index contributed by atoms with van der Waals surface area (Å²) >= 11 is 5.13. The SMILES string of the molecule is CNc1cc(C2CC2)nc(-c2cc(Br)cs2)n1. The van der Waals surface area contributed by atoms with Crippen LogP contribution in [0.25, 0.3) is 10.7 Å². The lowest BCUT2D eigenvalue weighted by atomic mass is 10.2. The summed E-state index contributed by atoms with van der Waals surface area (Å²) < 4.78 is 1.09. The zero-order valence-corrected chi connectivity index (χ0v) is 11.8. The molecule has 2 aromatic heterocycles. The van der Waals surface area contributed by atoms with E-state index in [9.17, 15) is 0 Å². The number of aromatic nitrogens is 2. The molecule has 5 heteroatoms. The number of anilines is 1. The molecule has 1 N–H and O–H groups in total. The zero-order chi connectivity index (χ0) is 11.8. The molecule has 1 aliphatic rings. The Kier molecular flexibility index (Phi) is 2.88. The van der Waals surface area contributed by atoms with Gasteiger partial charge in [-0.15, -0.1) is 11.3 Å². The van der Waals surface area contributed by atoms with Crippen molar-refractivity contribution in [2.45, 2.75) is 18.8 Å². The lowest BCUT2D eigenvalue weighted by Gasteiger charge is -2.05. The van der Waals surface area contributed by atoms with E-state index < -0.39 is 0 Å². The van der Waals surface area contributed by atoms with Gasteiger partial charge in [0.15, 0.2) is 5.82 Å². The van der Waals surface area contributed by atoms with Crippen LogP contribution in [0.15, 0.2) is 22.0 Å². The quantitative estimate of drug-likeness (QED) is 0.934. The van der Waals surface area contributed by atoms with Gasteiger partial charge in [-0.05, 0) is 34.8 Å². The van der Waals surface area contributed by atoms with Crippen LogP contribution in [0.3, 0.4) is 0 Å². The van der Waals surface area contributed by atoms with Gasteiger partial charge in [-0.2, -0.15) is 0 Å². The van der Waals surface area contributed by atoms with Crippen molar-refractivity contribution in [1.82, 2.24) is 9.97 Å². The average Bonchev–Trinajstić information content (AvgIpc) is 3.11. The Labute approximate surface area is 112 Å². The maximum absolute atomic E-state index is 4.67. The molecular formula is C12H12BrN3S. The van der Waals surface area contributed by atoms with E-state index in [0.29, 0.717) is 5.92 Å². The summed E-state index contributed by atoms with van der Waals surface area (Å²) in [6.45, 7) is 0. The Hall–Kier alpha value is -0.940. The van der Waals surface area contributed by atoms with Crippen LogP contribution in [0.2, 0.25) is 0 Å². The van der Waals surface area contributed by atoms with Gasteiger partial charge in [-0.1, -0.05) is 0 Å². The van der Waals surface area contributed by atoms with Crippen molar-refractivity contribution >= 4 is 33.1 Å². The molecule has 2 aromatic rings. The summed E-state index contributed by atoms with van der Waals surface area (Å²) in [7, 11) is 1.90. The van der Waals surface area contributed by atoms with Crippen LogP contribution >= 0.6 is 27.3 Å². The van der Waals surface area contributed by atoms with E-state index in [4.69, 9.17) is 0 Å². The highest BCUT2D eigenvalue weighted by atomic mass is 79.9. The number of hydrogen-bond acceptors (Lipinski definition) is 4. The predicted octanol–water partition coefficient (Wildman–Crippen LogP) is 3.89. The summed E-state index contributed by atoms with van der Waals surface area (Å²) in [6, 6.07) is 4.12. The standard InChI is InChI=1S/C12H12BrN3S/c1-14-11-5-9(7-2-3-7)15-12(16-11)10-4-8(13)6-17-10/h4-7H,2-3H2,1H3,(H,14,15,16). The highest BCUT2D eigenvalue weighted by Gasteiger charge is 2.26. The van der Waals surface area contributed by atoms with E-state index in [1.807, 2.05) is 7.05 Å². The first-order chi connectivity index (χ1) is 8.26. The molecule has 0 aliphatic heterocycles. The smallest absolute Gasteiger partial charge is 0.171 e. The van der Waals surface area contributed by atoms with E-state index in [1.165, 1.54) is 18.5 Å². The highest BCUT2D eigenvalue weighted by Crippen LogP contribution is 2.40. The number of thiophene rings is 1. The van der Waals surface area contributed by atoms with E-state index in [2.05, 4.69) is 48.7 Å². The van der Waals surface area contributed by atoms with Gasteiger partial charge >= 0.3 is 0 Å². The van der Waals surface area contributed by atoms with Crippen LogP contribution in [-0.4, -0.2) is 17.0 Å². The van der Waals surface area contributed by atoms with Crippen molar-refractivity contribution in [3.63, 3.8) is 0 Å². The van der Waals surface area contributed by atoms with Crippen molar-refractivity contribution < 1.29 is 0 Å². The van der Waals surface area contributed by atoms with Crippen LogP contribution in [0.4, 0.5) is 5.82 Å². The van der Waals surface area contributed by atoms with Gasteiger partial charge < -0.3 is 5.32 Å². The van der Waals surface area contributed by atoms with Gasteiger partial charge in [0, 0.05) is 34.6 Å². The molecule has 0 bridgehead atoms. The molecule has 3 nitrogen and oxygen atoms in total. The molecular weight excluding hydrogens is 298 g/mol. The largest absolute Gasteiger partial charge is 0.373 e. The summed E-state index contributed by atoms with van der Waals surface area (Å²) in [5.74, 6) is 2.38. The molecule has 0 aromatic carbocycles. The fraction of sp³-hybridized carbons (Fsp3) is 0.333. The third-order valence-corrected chi connectivity index (χ3v) is 4.47. The minimum absolute atomic E-state index is 0.646. The number of halogens is 1. The van der Waals surface area contributed by atoms with Crippen LogP contribution in [0, 0.1) is 0 Å². The summed E-state index contributed by atoms with van der Waals surface area (Å²) in [4.78, 5) is 10.3. The number of nitrogens with zero attached hydrogens (tertiary/aromatic N) is 2. The molecule has 0 saturated heterocycles. The first kappa shape index (κ1) is 11.2. The van der Waals surface area contributed by atoms with Crippen molar-refractivity contribution in [2.24, 2.45) is 0 Å². The minimum Gasteiger partial charge on any atom is -0.373 e. The molecule has 88 valence electrons. The van der Waals surface area contributed by atoms with Crippen molar-refractivity contribution in [3.8, 4) is 10.7 Å². The van der Waals surface area contributed by atoms with Gasteiger partial charge in [0.05, 0.1) is 4.88 Å². The van der Waals surface area contributed by atoms with Crippen molar-refractivity contribution in [3.05, 3.63) is 27.7 Å². The van der Waals surface area contributed by atoms with Gasteiger partial charge in [0.1, 0.15) is 5.82 Å². The molecule has 1 fully saturated rings. The average molecular weight is 310 g/mol. The highest BCUT2D eigenvalue weighted by molar-refractivity contribution is 9.10. The Morgan fingerprint density at radius 3 is 2.76 bits per heavy atom. The summed E-state index contributed by atoms with van der Waals surface area (Å²) in [5.41, 5.74) is 1.17. The topological polar surface area (TPSA) is 37.8 Å². The second kappa shape index (κ2) is 4.38. The molecule has 0 amide bonds. The number of nitrogens with one attached hydrogen (secondary N) is 1. The minimum atomic E-state index is 0.646.